The third-order valence-corrected chi connectivity index (χ3v) is 2.86. The van der Waals surface area contributed by atoms with Crippen LogP contribution in [0, 0.1) is 11.3 Å². The quantitative estimate of drug-likeness (QED) is 0.653. The number of alkyl halides is 3. The van der Waals surface area contributed by atoms with E-state index in [1.54, 1.807) is 13.8 Å². The normalized spacial score (nSPS) is 31.5. The van der Waals surface area contributed by atoms with Crippen LogP contribution in [0.5, 0.6) is 0 Å². The van der Waals surface area contributed by atoms with Crippen molar-refractivity contribution in [1.29, 1.82) is 0 Å². The van der Waals surface area contributed by atoms with Crippen molar-refractivity contribution in [3.8, 4) is 0 Å². The maximum atomic E-state index is 12.6. The van der Waals surface area contributed by atoms with E-state index in [2.05, 4.69) is 5.32 Å². The van der Waals surface area contributed by atoms with Gasteiger partial charge in [-0.25, -0.2) is 0 Å². The minimum atomic E-state index is -4.06. The summed E-state index contributed by atoms with van der Waals surface area (Å²) in [5.74, 6) is -0.340. The molecule has 0 bridgehead atoms. The molecule has 4 heteroatoms. The largest absolute Gasteiger partial charge is 0.396 e. The maximum Gasteiger partial charge on any atom is 0.396 e. The summed E-state index contributed by atoms with van der Waals surface area (Å²) in [5, 5.41) is 2.78. The first-order chi connectivity index (χ1) is 5.40. The molecule has 0 aliphatic carbocycles. The minimum Gasteiger partial charge on any atom is -0.316 e. The highest BCUT2D eigenvalue weighted by atomic mass is 19.4. The molecule has 0 aromatic carbocycles. The van der Waals surface area contributed by atoms with E-state index in [4.69, 9.17) is 0 Å². The Kier molecular flexibility index (Phi) is 2.38. The van der Waals surface area contributed by atoms with Gasteiger partial charge < -0.3 is 5.32 Å². The molecule has 1 atom stereocenters. The lowest BCUT2D eigenvalue weighted by molar-refractivity contribution is -0.231. The number of hydrogen-bond donors (Lipinski definition) is 1. The topological polar surface area (TPSA) is 12.0 Å². The van der Waals surface area contributed by atoms with Crippen LogP contribution in [0.3, 0.4) is 0 Å². The first kappa shape index (κ1) is 9.84. The van der Waals surface area contributed by atoms with Gasteiger partial charge in [0, 0.05) is 6.54 Å². The van der Waals surface area contributed by atoms with E-state index in [9.17, 15) is 13.2 Å². The molecular formula is C8H14F3N. The van der Waals surface area contributed by atoms with Crippen LogP contribution in [0.2, 0.25) is 0 Å². The van der Waals surface area contributed by atoms with Crippen LogP contribution in [0.4, 0.5) is 13.2 Å². The summed E-state index contributed by atoms with van der Waals surface area (Å²) in [7, 11) is 0. The van der Waals surface area contributed by atoms with Gasteiger partial charge in [0.05, 0.1) is 5.41 Å². The summed E-state index contributed by atoms with van der Waals surface area (Å²) in [5.41, 5.74) is -1.48. The number of halogens is 3. The van der Waals surface area contributed by atoms with E-state index >= 15 is 0 Å². The molecule has 0 saturated carbocycles. The molecule has 1 aliphatic heterocycles. The predicted octanol–water partition coefficient (Wildman–Crippen LogP) is 2.18. The minimum absolute atomic E-state index is 0.0775. The Bertz CT molecular complexity index is 156. The van der Waals surface area contributed by atoms with Crippen LogP contribution in [-0.2, 0) is 0 Å². The second-order valence-electron chi connectivity index (χ2n) is 3.74. The van der Waals surface area contributed by atoms with Gasteiger partial charge in [-0.2, -0.15) is 13.2 Å². The van der Waals surface area contributed by atoms with Crippen LogP contribution in [-0.4, -0.2) is 19.3 Å². The van der Waals surface area contributed by atoms with Crippen molar-refractivity contribution in [2.24, 2.45) is 11.3 Å². The van der Waals surface area contributed by atoms with Gasteiger partial charge >= 0.3 is 6.18 Å². The van der Waals surface area contributed by atoms with Crippen molar-refractivity contribution < 1.29 is 13.2 Å². The van der Waals surface area contributed by atoms with E-state index in [1.165, 1.54) is 0 Å². The highest BCUT2D eigenvalue weighted by Crippen LogP contribution is 2.48. The molecule has 0 aromatic rings. The first-order valence-electron chi connectivity index (χ1n) is 4.17. The summed E-state index contributed by atoms with van der Waals surface area (Å²) in [6.45, 7) is 3.84. The van der Waals surface area contributed by atoms with Crippen molar-refractivity contribution >= 4 is 0 Å². The average Bonchev–Trinajstić information content (AvgIpc) is 2.31. The first-order valence-corrected chi connectivity index (χ1v) is 4.17. The van der Waals surface area contributed by atoms with E-state index in [0.717, 1.165) is 0 Å². The molecule has 0 aromatic heterocycles. The zero-order valence-electron chi connectivity index (χ0n) is 7.33. The van der Waals surface area contributed by atoms with Gasteiger partial charge in [-0.05, 0) is 18.9 Å². The molecule has 1 aliphatic rings. The Hall–Kier alpha value is -0.250. The Balaban J connectivity index is 2.87. The second-order valence-corrected chi connectivity index (χ2v) is 3.74. The average molecular weight is 181 g/mol. The molecule has 1 nitrogen and oxygen atoms in total. The van der Waals surface area contributed by atoms with Gasteiger partial charge in [-0.15, -0.1) is 0 Å². The Morgan fingerprint density at radius 3 is 2.08 bits per heavy atom. The highest BCUT2D eigenvalue weighted by molar-refractivity contribution is 4.95. The Morgan fingerprint density at radius 1 is 1.33 bits per heavy atom. The summed E-state index contributed by atoms with van der Waals surface area (Å²) >= 11 is 0. The molecular weight excluding hydrogens is 167 g/mol. The van der Waals surface area contributed by atoms with Crippen molar-refractivity contribution in [1.82, 2.24) is 5.32 Å². The van der Waals surface area contributed by atoms with Crippen molar-refractivity contribution in [2.45, 2.75) is 26.4 Å². The number of rotatable bonds is 1. The molecule has 1 unspecified atom stereocenters. The number of hydrogen-bond acceptors (Lipinski definition) is 1. The standard InChI is InChI=1S/C8H14F3N/c1-6(2)7(8(9,10)11)3-4-12-5-7/h6,12H,3-5H2,1-2H3. The van der Waals surface area contributed by atoms with Crippen LogP contribution in [0.15, 0.2) is 0 Å². The zero-order valence-corrected chi connectivity index (χ0v) is 7.33. The van der Waals surface area contributed by atoms with Crippen LogP contribution in [0.1, 0.15) is 20.3 Å². The van der Waals surface area contributed by atoms with E-state index in [0.29, 0.717) is 6.54 Å². The molecule has 1 heterocycles. The molecule has 1 saturated heterocycles. The van der Waals surface area contributed by atoms with Gasteiger partial charge in [-0.3, -0.25) is 0 Å². The van der Waals surface area contributed by atoms with Gasteiger partial charge in [0.1, 0.15) is 0 Å². The van der Waals surface area contributed by atoms with Gasteiger partial charge in [-0.1, -0.05) is 13.8 Å². The SMILES string of the molecule is CC(C)C1(C(F)(F)F)CCNC1. The van der Waals surface area contributed by atoms with Crippen LogP contribution < -0.4 is 5.32 Å². The van der Waals surface area contributed by atoms with Gasteiger partial charge in [0.15, 0.2) is 0 Å². The summed E-state index contributed by atoms with van der Waals surface area (Å²) < 4.78 is 37.9. The monoisotopic (exact) mass is 181 g/mol. The molecule has 12 heavy (non-hydrogen) atoms. The van der Waals surface area contributed by atoms with Crippen LogP contribution in [0.25, 0.3) is 0 Å². The fourth-order valence-corrected chi connectivity index (χ4v) is 1.77. The Morgan fingerprint density at radius 2 is 1.92 bits per heavy atom. The van der Waals surface area contributed by atoms with Crippen molar-refractivity contribution in [2.75, 3.05) is 13.1 Å². The fraction of sp³-hybridized carbons (Fsp3) is 1.00. The van der Waals surface area contributed by atoms with E-state index in [-0.39, 0.29) is 18.9 Å². The lowest BCUT2D eigenvalue weighted by atomic mass is 9.76. The summed E-state index contributed by atoms with van der Waals surface area (Å²) in [4.78, 5) is 0. The smallest absolute Gasteiger partial charge is 0.316 e. The zero-order chi connectivity index (χ0) is 9.41. The van der Waals surface area contributed by atoms with Crippen molar-refractivity contribution in [3.05, 3.63) is 0 Å². The molecule has 72 valence electrons. The summed E-state index contributed by atoms with van der Waals surface area (Å²) in [6, 6.07) is 0. The van der Waals surface area contributed by atoms with Gasteiger partial charge in [0.25, 0.3) is 0 Å². The molecule has 0 radical (unpaired) electrons. The molecule has 1 fully saturated rings. The second kappa shape index (κ2) is 2.91. The summed E-state index contributed by atoms with van der Waals surface area (Å²) in [6.07, 6.45) is -3.85. The van der Waals surface area contributed by atoms with Crippen molar-refractivity contribution in [3.63, 3.8) is 0 Å². The van der Waals surface area contributed by atoms with Gasteiger partial charge in [0.2, 0.25) is 0 Å². The Labute approximate surface area is 70.3 Å². The lowest BCUT2D eigenvalue weighted by Crippen LogP contribution is -2.44. The predicted molar refractivity (Wildman–Crippen MR) is 40.8 cm³/mol. The molecule has 1 N–H and O–H groups in total. The fourth-order valence-electron chi connectivity index (χ4n) is 1.77. The molecule has 0 amide bonds. The van der Waals surface area contributed by atoms with Crippen LogP contribution >= 0.6 is 0 Å². The lowest BCUT2D eigenvalue weighted by Gasteiger charge is -2.34. The molecule has 1 rings (SSSR count). The molecule has 0 spiro atoms. The number of nitrogens with one attached hydrogen (secondary N) is 1. The third-order valence-electron chi connectivity index (χ3n) is 2.86. The van der Waals surface area contributed by atoms with E-state index < -0.39 is 11.6 Å². The van der Waals surface area contributed by atoms with E-state index in [1.807, 2.05) is 0 Å². The highest BCUT2D eigenvalue weighted by Gasteiger charge is 2.57. The maximum absolute atomic E-state index is 12.6. The third kappa shape index (κ3) is 1.32.